The quantitative estimate of drug-likeness (QED) is 0.189. The summed E-state index contributed by atoms with van der Waals surface area (Å²) in [6.07, 6.45) is 10.2. The third-order valence-corrected chi connectivity index (χ3v) is 7.36. The van der Waals surface area contributed by atoms with Gasteiger partial charge in [0.05, 0.1) is 24.2 Å². The maximum Gasteiger partial charge on any atom is 0.337 e. The highest BCUT2D eigenvalue weighted by atomic mass is 32.2. The van der Waals surface area contributed by atoms with Crippen LogP contribution in [-0.4, -0.2) is 35.0 Å². The predicted octanol–water partition coefficient (Wildman–Crippen LogP) is 6.10. The van der Waals surface area contributed by atoms with Crippen molar-refractivity contribution in [2.75, 3.05) is 13.7 Å². The Kier molecular flexibility index (Phi) is 8.10. The Bertz CT molecular complexity index is 1280. The van der Waals surface area contributed by atoms with Crippen LogP contribution < -0.4 is 4.74 Å². The van der Waals surface area contributed by atoms with Crippen LogP contribution in [0.25, 0.3) is 6.08 Å². The number of carbonyl (C=O) groups excluding carboxylic acids is 2. The number of allylic oxidation sites excluding steroid dienone is 3. The molecule has 1 aliphatic carbocycles. The number of unbranched alkanes of at least 4 members (excludes halogenated alkanes) is 1. The molecule has 2 aromatic carbocycles. The third kappa shape index (κ3) is 5.97. The molecule has 1 aromatic heterocycles. The Balaban J connectivity index is 1.52. The number of ketones is 1. The van der Waals surface area contributed by atoms with Gasteiger partial charge in [0, 0.05) is 30.4 Å². The first-order valence-corrected chi connectivity index (χ1v) is 12.7. The summed E-state index contributed by atoms with van der Waals surface area (Å²) in [7, 11) is 3.28. The highest BCUT2D eigenvalue weighted by Gasteiger charge is 2.40. The normalized spacial score (nSPS) is 18.4. The standard InChI is InChI=1S/C29H30N2O4S/c1-29(15-7-8-18-35-23-9-5-4-6-10-23)20-25(36-28-30-16-17-31(28)2)26(32)24(29)19-21-11-13-22(14-12-21)27(33)34-3/h4-6,9-14,16-17,19-20H,7-8,15,18H2,1-3H3. The van der Waals surface area contributed by atoms with E-state index in [-0.39, 0.29) is 11.8 Å². The van der Waals surface area contributed by atoms with Gasteiger partial charge in [0.25, 0.3) is 0 Å². The second-order valence-corrected chi connectivity index (χ2v) is 9.98. The molecular formula is C29H30N2O4S. The molecular weight excluding hydrogens is 472 g/mol. The van der Waals surface area contributed by atoms with Gasteiger partial charge in [0.2, 0.25) is 0 Å². The van der Waals surface area contributed by atoms with Crippen molar-refractivity contribution in [3.8, 4) is 5.75 Å². The third-order valence-electron chi connectivity index (χ3n) is 6.26. The number of benzene rings is 2. The fourth-order valence-corrected chi connectivity index (χ4v) is 5.22. The number of aromatic nitrogens is 2. The van der Waals surface area contributed by atoms with Crippen LogP contribution in [0.5, 0.6) is 5.75 Å². The molecule has 6 nitrogen and oxygen atoms in total. The van der Waals surface area contributed by atoms with Crippen molar-refractivity contribution in [3.63, 3.8) is 0 Å². The van der Waals surface area contributed by atoms with Crippen molar-refractivity contribution in [1.82, 2.24) is 9.55 Å². The Morgan fingerprint density at radius 1 is 1.11 bits per heavy atom. The number of thioether (sulfide) groups is 1. The van der Waals surface area contributed by atoms with E-state index >= 15 is 0 Å². The molecule has 4 rings (SSSR count). The van der Waals surface area contributed by atoms with E-state index in [0.29, 0.717) is 17.1 Å². The van der Waals surface area contributed by atoms with Crippen molar-refractivity contribution in [2.24, 2.45) is 12.5 Å². The minimum atomic E-state index is -0.418. The molecule has 0 N–H and O–H groups in total. The zero-order chi connectivity index (χ0) is 25.5. The topological polar surface area (TPSA) is 70.4 Å². The maximum absolute atomic E-state index is 13.6. The molecule has 0 saturated heterocycles. The lowest BCUT2D eigenvalue weighted by atomic mass is 9.79. The van der Waals surface area contributed by atoms with Gasteiger partial charge in [-0.3, -0.25) is 4.79 Å². The minimum Gasteiger partial charge on any atom is -0.494 e. The number of methoxy groups -OCH3 is 1. The van der Waals surface area contributed by atoms with E-state index in [1.165, 1.54) is 18.9 Å². The van der Waals surface area contributed by atoms with Crippen LogP contribution in [-0.2, 0) is 16.6 Å². The van der Waals surface area contributed by atoms with Gasteiger partial charge in [-0.25, -0.2) is 9.78 Å². The van der Waals surface area contributed by atoms with Crippen molar-refractivity contribution in [2.45, 2.75) is 31.3 Å². The first-order valence-electron chi connectivity index (χ1n) is 11.9. The summed E-state index contributed by atoms with van der Waals surface area (Å²) in [6.45, 7) is 2.74. The van der Waals surface area contributed by atoms with E-state index in [1.807, 2.05) is 66.4 Å². The number of esters is 1. The van der Waals surface area contributed by atoms with E-state index < -0.39 is 5.41 Å². The molecule has 7 heteroatoms. The van der Waals surface area contributed by atoms with Crippen molar-refractivity contribution in [1.29, 1.82) is 0 Å². The van der Waals surface area contributed by atoms with Crippen LogP contribution in [0.3, 0.4) is 0 Å². The molecule has 0 bridgehead atoms. The summed E-state index contributed by atoms with van der Waals surface area (Å²) >= 11 is 1.40. The Morgan fingerprint density at radius 2 is 1.86 bits per heavy atom. The van der Waals surface area contributed by atoms with E-state index in [1.54, 1.807) is 18.3 Å². The molecule has 3 aromatic rings. The van der Waals surface area contributed by atoms with E-state index in [4.69, 9.17) is 9.47 Å². The first kappa shape index (κ1) is 25.5. The van der Waals surface area contributed by atoms with E-state index in [9.17, 15) is 9.59 Å². The summed E-state index contributed by atoms with van der Waals surface area (Å²) in [5.74, 6) is 0.497. The highest BCUT2D eigenvalue weighted by molar-refractivity contribution is 8.03. The molecule has 0 fully saturated rings. The zero-order valence-corrected chi connectivity index (χ0v) is 21.6. The molecule has 36 heavy (non-hydrogen) atoms. The molecule has 1 heterocycles. The lowest BCUT2D eigenvalue weighted by Crippen LogP contribution is -2.17. The van der Waals surface area contributed by atoms with Crippen molar-refractivity contribution < 1.29 is 19.1 Å². The lowest BCUT2D eigenvalue weighted by Gasteiger charge is -2.24. The fourth-order valence-electron chi connectivity index (χ4n) is 4.19. The smallest absolute Gasteiger partial charge is 0.337 e. The number of ether oxygens (including phenoxy) is 2. The van der Waals surface area contributed by atoms with Crippen molar-refractivity contribution >= 4 is 29.6 Å². The minimum absolute atomic E-state index is 0.0167. The molecule has 0 saturated carbocycles. The molecule has 1 aliphatic rings. The zero-order valence-electron chi connectivity index (χ0n) is 20.8. The van der Waals surface area contributed by atoms with Gasteiger partial charge in [-0.15, -0.1) is 0 Å². The summed E-state index contributed by atoms with van der Waals surface area (Å²) < 4.78 is 12.5. The van der Waals surface area contributed by atoms with Crippen LogP contribution in [0, 0.1) is 5.41 Å². The van der Waals surface area contributed by atoms with Crippen LogP contribution in [0.4, 0.5) is 0 Å². The maximum atomic E-state index is 13.6. The first-order chi connectivity index (χ1) is 17.4. The highest BCUT2D eigenvalue weighted by Crippen LogP contribution is 2.47. The molecule has 186 valence electrons. The van der Waals surface area contributed by atoms with Crippen LogP contribution in [0.1, 0.15) is 42.1 Å². The number of imidazole rings is 1. The number of hydrogen-bond donors (Lipinski definition) is 0. The summed E-state index contributed by atoms with van der Waals surface area (Å²) in [5.41, 5.74) is 1.66. The van der Waals surface area contributed by atoms with Gasteiger partial charge in [0.1, 0.15) is 5.75 Å². The van der Waals surface area contributed by atoms with Crippen molar-refractivity contribution in [3.05, 3.63) is 94.7 Å². The molecule has 0 amide bonds. The second-order valence-electron chi connectivity index (χ2n) is 8.97. The van der Waals surface area contributed by atoms with E-state index in [0.717, 1.165) is 41.3 Å². The van der Waals surface area contributed by atoms with Crippen LogP contribution >= 0.6 is 11.8 Å². The number of nitrogens with zero attached hydrogens (tertiary/aromatic N) is 2. The number of para-hydroxylation sites is 1. The van der Waals surface area contributed by atoms with Gasteiger partial charge in [-0.1, -0.05) is 43.3 Å². The largest absolute Gasteiger partial charge is 0.494 e. The lowest BCUT2D eigenvalue weighted by molar-refractivity contribution is -0.111. The predicted molar refractivity (Wildman–Crippen MR) is 142 cm³/mol. The van der Waals surface area contributed by atoms with Gasteiger partial charge >= 0.3 is 5.97 Å². The molecule has 0 spiro atoms. The molecule has 1 atom stereocenters. The number of carbonyl (C=O) groups is 2. The SMILES string of the molecule is COC(=O)c1ccc(C=C2C(=O)C(Sc3nccn3C)=CC2(C)CCCCOc2ccccc2)cc1. The average molecular weight is 503 g/mol. The van der Waals surface area contributed by atoms with E-state index in [2.05, 4.69) is 18.0 Å². The Morgan fingerprint density at radius 3 is 2.53 bits per heavy atom. The van der Waals surface area contributed by atoms with Gasteiger partial charge < -0.3 is 14.0 Å². The molecule has 1 unspecified atom stereocenters. The number of Topliss-reactive ketones (excluding diaryl/α,β-unsaturated/α-hetero) is 1. The summed E-state index contributed by atoms with van der Waals surface area (Å²) in [5, 5.41) is 0.775. The monoisotopic (exact) mass is 502 g/mol. The Hall–Kier alpha value is -3.58. The second kappa shape index (κ2) is 11.4. The molecule has 0 aliphatic heterocycles. The van der Waals surface area contributed by atoms with Gasteiger partial charge in [-0.05, 0) is 66.9 Å². The summed E-state index contributed by atoms with van der Waals surface area (Å²) in [6, 6.07) is 16.9. The van der Waals surface area contributed by atoms with Crippen LogP contribution in [0.15, 0.2) is 88.7 Å². The van der Waals surface area contributed by atoms with Crippen LogP contribution in [0.2, 0.25) is 0 Å². The number of rotatable bonds is 10. The van der Waals surface area contributed by atoms with Gasteiger partial charge in [0.15, 0.2) is 10.9 Å². The summed E-state index contributed by atoms with van der Waals surface area (Å²) in [4.78, 5) is 30.4. The average Bonchev–Trinajstić information content (AvgIpc) is 3.40. The Labute approximate surface area is 216 Å². The molecule has 0 radical (unpaired) electrons. The number of hydrogen-bond acceptors (Lipinski definition) is 6. The number of aryl methyl sites for hydroxylation is 1. The van der Waals surface area contributed by atoms with Gasteiger partial charge in [-0.2, -0.15) is 0 Å². The fraction of sp³-hybridized carbons (Fsp3) is 0.276.